The highest BCUT2D eigenvalue weighted by molar-refractivity contribution is 6.31. The summed E-state index contributed by atoms with van der Waals surface area (Å²) in [5.74, 6) is 0.558. The minimum atomic E-state index is 0. The van der Waals surface area contributed by atoms with Crippen LogP contribution < -0.4 is 4.74 Å². The Kier molecular flexibility index (Phi) is 5.11. The van der Waals surface area contributed by atoms with Gasteiger partial charge in [0.25, 0.3) is 0 Å². The van der Waals surface area contributed by atoms with Crippen molar-refractivity contribution in [1.29, 1.82) is 0 Å². The van der Waals surface area contributed by atoms with Crippen LogP contribution in [0.1, 0.15) is 11.1 Å². The van der Waals surface area contributed by atoms with Gasteiger partial charge in [-0.1, -0.05) is 35.9 Å². The van der Waals surface area contributed by atoms with Crippen molar-refractivity contribution in [1.82, 2.24) is 4.98 Å². The standard InChI is InChI=1S/C17H14ClNO2.ClH/c1-21-16-7-6-13-12(9-19-10-14(13)17(16)20)8-11-4-2-3-5-15(11)18;/h2-7,9-10,20H,8H2,1H3;1H. The molecule has 0 fully saturated rings. The molecule has 0 unspecified atom stereocenters. The van der Waals surface area contributed by atoms with Gasteiger partial charge in [0.2, 0.25) is 0 Å². The zero-order chi connectivity index (χ0) is 14.8. The molecular weight excluding hydrogens is 321 g/mol. The van der Waals surface area contributed by atoms with Crippen LogP contribution >= 0.6 is 24.0 Å². The normalized spacial score (nSPS) is 10.3. The van der Waals surface area contributed by atoms with Crippen molar-refractivity contribution in [2.75, 3.05) is 7.11 Å². The molecule has 1 aromatic heterocycles. The lowest BCUT2D eigenvalue weighted by Gasteiger charge is -2.10. The number of phenolic OH excluding ortho intramolecular Hbond substituents is 1. The van der Waals surface area contributed by atoms with Crippen LogP contribution in [0.3, 0.4) is 0 Å². The lowest BCUT2D eigenvalue weighted by molar-refractivity contribution is 0.376. The molecule has 0 spiro atoms. The third-order valence-corrected chi connectivity index (χ3v) is 3.89. The highest BCUT2D eigenvalue weighted by Gasteiger charge is 2.11. The zero-order valence-electron chi connectivity index (χ0n) is 11.9. The molecular formula is C17H15Cl2NO2. The predicted molar refractivity (Wildman–Crippen MR) is 91.5 cm³/mol. The second-order valence-corrected chi connectivity index (χ2v) is 5.19. The van der Waals surface area contributed by atoms with Gasteiger partial charge in [-0.25, -0.2) is 0 Å². The third-order valence-electron chi connectivity index (χ3n) is 3.52. The zero-order valence-corrected chi connectivity index (χ0v) is 13.5. The van der Waals surface area contributed by atoms with E-state index in [1.807, 2.05) is 30.3 Å². The maximum Gasteiger partial charge on any atom is 0.167 e. The van der Waals surface area contributed by atoms with E-state index in [4.69, 9.17) is 16.3 Å². The Morgan fingerprint density at radius 3 is 2.55 bits per heavy atom. The van der Waals surface area contributed by atoms with E-state index in [9.17, 15) is 5.11 Å². The Morgan fingerprint density at radius 1 is 1.05 bits per heavy atom. The molecule has 3 nitrogen and oxygen atoms in total. The highest BCUT2D eigenvalue weighted by atomic mass is 35.5. The number of pyridine rings is 1. The number of aromatic hydroxyl groups is 1. The Labute approximate surface area is 139 Å². The first-order valence-electron chi connectivity index (χ1n) is 6.56. The van der Waals surface area contributed by atoms with E-state index in [-0.39, 0.29) is 18.2 Å². The van der Waals surface area contributed by atoms with Crippen molar-refractivity contribution < 1.29 is 9.84 Å². The van der Waals surface area contributed by atoms with Crippen LogP contribution in [0.25, 0.3) is 10.8 Å². The Bertz CT molecular complexity index is 806. The molecule has 0 bridgehead atoms. The quantitative estimate of drug-likeness (QED) is 0.759. The second kappa shape index (κ2) is 6.86. The van der Waals surface area contributed by atoms with Crippen LogP contribution in [0.4, 0.5) is 0 Å². The fraction of sp³-hybridized carbons (Fsp3) is 0.118. The minimum Gasteiger partial charge on any atom is -0.504 e. The van der Waals surface area contributed by atoms with E-state index in [1.165, 1.54) is 7.11 Å². The van der Waals surface area contributed by atoms with Gasteiger partial charge in [0.15, 0.2) is 11.5 Å². The fourth-order valence-electron chi connectivity index (χ4n) is 2.42. The lowest BCUT2D eigenvalue weighted by atomic mass is 10.0. The second-order valence-electron chi connectivity index (χ2n) is 4.78. The molecule has 3 rings (SSSR count). The minimum absolute atomic E-state index is 0. The summed E-state index contributed by atoms with van der Waals surface area (Å²) in [6.45, 7) is 0. The van der Waals surface area contributed by atoms with Gasteiger partial charge in [0.1, 0.15) is 0 Å². The van der Waals surface area contributed by atoms with Crippen molar-refractivity contribution in [3.8, 4) is 11.5 Å². The molecule has 22 heavy (non-hydrogen) atoms. The van der Waals surface area contributed by atoms with Crippen molar-refractivity contribution in [3.05, 3.63) is 64.9 Å². The average Bonchev–Trinajstić information content (AvgIpc) is 2.51. The number of benzene rings is 2. The molecule has 0 aliphatic rings. The topological polar surface area (TPSA) is 42.4 Å². The molecule has 2 aromatic carbocycles. The van der Waals surface area contributed by atoms with E-state index >= 15 is 0 Å². The number of nitrogens with zero attached hydrogens (tertiary/aromatic N) is 1. The monoisotopic (exact) mass is 335 g/mol. The van der Waals surface area contributed by atoms with Crippen LogP contribution in [0.15, 0.2) is 48.8 Å². The summed E-state index contributed by atoms with van der Waals surface area (Å²) in [4.78, 5) is 4.22. The average molecular weight is 336 g/mol. The van der Waals surface area contributed by atoms with Gasteiger partial charge < -0.3 is 9.84 Å². The molecule has 0 aliphatic heterocycles. The van der Waals surface area contributed by atoms with Crippen molar-refractivity contribution >= 4 is 34.8 Å². The number of fused-ring (bicyclic) bond motifs is 1. The summed E-state index contributed by atoms with van der Waals surface area (Å²) in [6, 6.07) is 11.4. The van der Waals surface area contributed by atoms with Gasteiger partial charge in [-0.2, -0.15) is 0 Å². The van der Waals surface area contributed by atoms with Gasteiger partial charge in [-0.05, 0) is 28.6 Å². The van der Waals surface area contributed by atoms with Crippen LogP contribution in [0.5, 0.6) is 11.5 Å². The molecule has 0 radical (unpaired) electrons. The molecule has 1 heterocycles. The molecule has 0 saturated carbocycles. The molecule has 1 N–H and O–H groups in total. The van der Waals surface area contributed by atoms with E-state index < -0.39 is 0 Å². The summed E-state index contributed by atoms with van der Waals surface area (Å²) in [5.41, 5.74) is 2.04. The Morgan fingerprint density at radius 2 is 1.82 bits per heavy atom. The van der Waals surface area contributed by atoms with Gasteiger partial charge >= 0.3 is 0 Å². The molecule has 0 aliphatic carbocycles. The molecule has 3 aromatic rings. The summed E-state index contributed by atoms with van der Waals surface area (Å²) >= 11 is 6.21. The predicted octanol–water partition coefficient (Wildman–Crippen LogP) is 4.62. The number of phenols is 1. The molecule has 5 heteroatoms. The first kappa shape index (κ1) is 16.4. The highest BCUT2D eigenvalue weighted by Crippen LogP contribution is 2.35. The summed E-state index contributed by atoms with van der Waals surface area (Å²) in [5, 5.41) is 12.6. The first-order chi connectivity index (χ1) is 10.2. The van der Waals surface area contributed by atoms with Crippen LogP contribution in [0, 0.1) is 0 Å². The maximum atomic E-state index is 10.2. The van der Waals surface area contributed by atoms with Crippen molar-refractivity contribution in [2.45, 2.75) is 6.42 Å². The Balaban J connectivity index is 0.00000176. The SMILES string of the molecule is COc1ccc2c(Cc3ccccc3Cl)cncc2c1O.Cl. The van der Waals surface area contributed by atoms with Crippen LogP contribution in [0.2, 0.25) is 5.02 Å². The Hall–Kier alpha value is -1.97. The lowest BCUT2D eigenvalue weighted by Crippen LogP contribution is -1.93. The van der Waals surface area contributed by atoms with Gasteiger partial charge in [0.05, 0.1) is 7.11 Å². The number of aromatic nitrogens is 1. The molecule has 114 valence electrons. The van der Waals surface area contributed by atoms with E-state index in [2.05, 4.69) is 4.98 Å². The number of methoxy groups -OCH3 is 1. The molecule has 0 amide bonds. The van der Waals surface area contributed by atoms with E-state index in [0.29, 0.717) is 17.6 Å². The number of hydrogen-bond acceptors (Lipinski definition) is 3. The number of rotatable bonds is 3. The largest absolute Gasteiger partial charge is 0.504 e. The van der Waals surface area contributed by atoms with E-state index in [0.717, 1.165) is 21.5 Å². The van der Waals surface area contributed by atoms with Crippen molar-refractivity contribution in [2.24, 2.45) is 0 Å². The van der Waals surface area contributed by atoms with Gasteiger partial charge in [-0.3, -0.25) is 4.98 Å². The molecule has 0 atom stereocenters. The molecule has 0 saturated heterocycles. The first-order valence-corrected chi connectivity index (χ1v) is 6.94. The summed E-state index contributed by atoms with van der Waals surface area (Å²) in [7, 11) is 1.53. The summed E-state index contributed by atoms with van der Waals surface area (Å²) < 4.78 is 5.13. The van der Waals surface area contributed by atoms with Crippen LogP contribution in [-0.2, 0) is 6.42 Å². The van der Waals surface area contributed by atoms with Crippen LogP contribution in [-0.4, -0.2) is 17.2 Å². The van der Waals surface area contributed by atoms with Gasteiger partial charge in [0, 0.05) is 29.2 Å². The number of ether oxygens (including phenoxy) is 1. The number of hydrogen-bond donors (Lipinski definition) is 1. The number of halogens is 2. The summed E-state index contributed by atoms with van der Waals surface area (Å²) in [6.07, 6.45) is 4.11. The fourth-order valence-corrected chi connectivity index (χ4v) is 2.63. The van der Waals surface area contributed by atoms with Gasteiger partial charge in [-0.15, -0.1) is 12.4 Å². The van der Waals surface area contributed by atoms with Crippen molar-refractivity contribution in [3.63, 3.8) is 0 Å². The third kappa shape index (κ3) is 2.96. The maximum absolute atomic E-state index is 10.2. The van der Waals surface area contributed by atoms with E-state index in [1.54, 1.807) is 18.5 Å². The smallest absolute Gasteiger partial charge is 0.167 e.